The lowest BCUT2D eigenvalue weighted by atomic mass is 9.96. The van der Waals surface area contributed by atoms with Gasteiger partial charge in [0, 0.05) is 37.3 Å². The van der Waals surface area contributed by atoms with E-state index in [-0.39, 0.29) is 17.7 Å². The first-order chi connectivity index (χ1) is 13.6. The van der Waals surface area contributed by atoms with Crippen LogP contribution in [0.15, 0.2) is 48.5 Å². The highest BCUT2D eigenvalue weighted by atomic mass is 32.1. The zero-order valence-corrected chi connectivity index (χ0v) is 16.5. The monoisotopic (exact) mass is 394 g/mol. The lowest BCUT2D eigenvalue weighted by Crippen LogP contribution is -2.38. The van der Waals surface area contributed by atoms with E-state index in [0.717, 1.165) is 48.0 Å². The second kappa shape index (κ2) is 7.98. The van der Waals surface area contributed by atoms with Crippen molar-refractivity contribution < 1.29 is 9.59 Å². The molecule has 0 saturated carbocycles. The maximum Gasteiger partial charge on any atom is 0.227 e. The number of carbonyl (C=O) groups excluding carboxylic acids is 2. The van der Waals surface area contributed by atoms with E-state index < -0.39 is 0 Å². The van der Waals surface area contributed by atoms with Crippen molar-refractivity contribution in [2.75, 3.05) is 28.6 Å². The molecule has 6 nitrogen and oxygen atoms in total. The van der Waals surface area contributed by atoms with Crippen LogP contribution in [0.3, 0.4) is 0 Å². The summed E-state index contributed by atoms with van der Waals surface area (Å²) in [6, 6.07) is 15.3. The lowest BCUT2D eigenvalue weighted by molar-refractivity contribution is -0.120. The molecule has 7 heteroatoms. The Morgan fingerprint density at radius 2 is 1.64 bits per heavy atom. The number of para-hydroxylation sites is 1. The zero-order valence-electron chi connectivity index (χ0n) is 15.6. The first-order valence-electron chi connectivity index (χ1n) is 9.37. The van der Waals surface area contributed by atoms with Crippen molar-refractivity contribution in [1.82, 2.24) is 4.98 Å². The number of thiazole rings is 1. The number of rotatable bonds is 4. The van der Waals surface area contributed by atoms with Crippen LogP contribution in [0.2, 0.25) is 0 Å². The van der Waals surface area contributed by atoms with Crippen LogP contribution in [0, 0.1) is 5.92 Å². The lowest BCUT2D eigenvalue weighted by Gasteiger charge is -2.31. The van der Waals surface area contributed by atoms with Crippen molar-refractivity contribution in [3.05, 3.63) is 48.5 Å². The van der Waals surface area contributed by atoms with Crippen LogP contribution in [0.1, 0.15) is 19.8 Å². The zero-order chi connectivity index (χ0) is 19.5. The molecule has 1 saturated heterocycles. The van der Waals surface area contributed by atoms with E-state index in [9.17, 15) is 9.59 Å². The van der Waals surface area contributed by atoms with Gasteiger partial charge in [-0.1, -0.05) is 23.5 Å². The molecular formula is C21H22N4O2S. The van der Waals surface area contributed by atoms with E-state index in [0.29, 0.717) is 0 Å². The molecule has 3 aromatic rings. The van der Waals surface area contributed by atoms with E-state index in [1.807, 2.05) is 18.2 Å². The standard InChI is InChI=1S/C21H22N4O2S/c1-14(26)22-16-6-8-17(9-7-16)23-20(27)15-10-12-25(13-11-15)21-24-18-4-2-3-5-19(18)28-21/h2-9,15H,10-13H2,1H3,(H,22,26)(H,23,27). The molecule has 2 N–H and O–H groups in total. The highest BCUT2D eigenvalue weighted by molar-refractivity contribution is 7.22. The summed E-state index contributed by atoms with van der Waals surface area (Å²) < 4.78 is 1.19. The minimum atomic E-state index is -0.114. The van der Waals surface area contributed by atoms with Crippen LogP contribution in [-0.4, -0.2) is 29.9 Å². The molecule has 1 fully saturated rings. The molecule has 0 aliphatic carbocycles. The summed E-state index contributed by atoms with van der Waals surface area (Å²) in [6.07, 6.45) is 1.62. The number of benzene rings is 2. The van der Waals surface area contributed by atoms with Gasteiger partial charge in [0.05, 0.1) is 10.2 Å². The largest absolute Gasteiger partial charge is 0.348 e. The third-order valence-corrected chi connectivity index (χ3v) is 5.99. The molecule has 1 aliphatic rings. The van der Waals surface area contributed by atoms with Crippen LogP contribution < -0.4 is 15.5 Å². The summed E-state index contributed by atoms with van der Waals surface area (Å²) in [4.78, 5) is 30.7. The molecule has 28 heavy (non-hydrogen) atoms. The molecule has 0 unspecified atom stereocenters. The van der Waals surface area contributed by atoms with E-state index >= 15 is 0 Å². The molecule has 2 amide bonds. The number of fused-ring (bicyclic) bond motifs is 1. The molecule has 4 rings (SSSR count). The van der Waals surface area contributed by atoms with Gasteiger partial charge in [0.1, 0.15) is 0 Å². The van der Waals surface area contributed by atoms with Crippen molar-refractivity contribution in [2.24, 2.45) is 5.92 Å². The van der Waals surface area contributed by atoms with Crippen molar-refractivity contribution in [3.63, 3.8) is 0 Å². The fraction of sp³-hybridized carbons (Fsp3) is 0.286. The Bertz CT molecular complexity index is 958. The van der Waals surface area contributed by atoms with Gasteiger partial charge < -0.3 is 15.5 Å². The molecule has 0 atom stereocenters. The highest BCUT2D eigenvalue weighted by Crippen LogP contribution is 2.31. The Morgan fingerprint density at radius 1 is 1.00 bits per heavy atom. The van der Waals surface area contributed by atoms with Gasteiger partial charge in [0.2, 0.25) is 11.8 Å². The van der Waals surface area contributed by atoms with Gasteiger partial charge in [-0.25, -0.2) is 4.98 Å². The van der Waals surface area contributed by atoms with Crippen molar-refractivity contribution in [1.29, 1.82) is 0 Å². The molecule has 2 aromatic carbocycles. The van der Waals surface area contributed by atoms with Gasteiger partial charge in [-0.05, 0) is 49.2 Å². The first-order valence-corrected chi connectivity index (χ1v) is 10.2. The quantitative estimate of drug-likeness (QED) is 0.698. The molecule has 0 spiro atoms. The molecule has 0 bridgehead atoms. The predicted octanol–water partition coefficient (Wildman–Crippen LogP) is 4.11. The van der Waals surface area contributed by atoms with Crippen molar-refractivity contribution in [2.45, 2.75) is 19.8 Å². The maximum atomic E-state index is 12.6. The number of hydrogen-bond acceptors (Lipinski definition) is 5. The predicted molar refractivity (Wildman–Crippen MR) is 114 cm³/mol. The van der Waals surface area contributed by atoms with Crippen LogP contribution in [0.4, 0.5) is 16.5 Å². The molecular weight excluding hydrogens is 372 g/mol. The van der Waals surface area contributed by atoms with Gasteiger partial charge in [0.25, 0.3) is 0 Å². The summed E-state index contributed by atoms with van der Waals surface area (Å²) in [5.41, 5.74) is 2.49. The Hall–Kier alpha value is -2.93. The smallest absolute Gasteiger partial charge is 0.227 e. The number of piperidine rings is 1. The van der Waals surface area contributed by atoms with E-state index in [4.69, 9.17) is 4.98 Å². The van der Waals surface area contributed by atoms with Gasteiger partial charge in [-0.3, -0.25) is 9.59 Å². The summed E-state index contributed by atoms with van der Waals surface area (Å²) in [5, 5.41) is 6.74. The number of nitrogens with zero attached hydrogens (tertiary/aromatic N) is 2. The van der Waals surface area contributed by atoms with Crippen molar-refractivity contribution in [3.8, 4) is 0 Å². The first kappa shape index (κ1) is 18.4. The number of nitrogens with one attached hydrogen (secondary N) is 2. The number of aromatic nitrogens is 1. The normalized spacial score (nSPS) is 14.8. The minimum Gasteiger partial charge on any atom is -0.348 e. The van der Waals surface area contributed by atoms with Gasteiger partial charge in [0.15, 0.2) is 5.13 Å². The fourth-order valence-electron chi connectivity index (χ4n) is 3.41. The fourth-order valence-corrected chi connectivity index (χ4v) is 4.43. The van der Waals surface area contributed by atoms with Crippen molar-refractivity contribution >= 4 is 49.9 Å². The third kappa shape index (κ3) is 4.14. The average molecular weight is 395 g/mol. The van der Waals surface area contributed by atoms with Gasteiger partial charge in [-0.15, -0.1) is 0 Å². The van der Waals surface area contributed by atoms with Crippen LogP contribution in [-0.2, 0) is 9.59 Å². The summed E-state index contributed by atoms with van der Waals surface area (Å²) in [6.45, 7) is 3.13. The van der Waals surface area contributed by atoms with Crippen LogP contribution >= 0.6 is 11.3 Å². The second-order valence-corrected chi connectivity index (χ2v) is 7.98. The second-order valence-electron chi connectivity index (χ2n) is 6.97. The van der Waals surface area contributed by atoms with Crippen LogP contribution in [0.25, 0.3) is 10.2 Å². The average Bonchev–Trinajstić information content (AvgIpc) is 3.13. The minimum absolute atomic E-state index is 0.000601. The van der Waals surface area contributed by atoms with E-state index in [1.54, 1.807) is 35.6 Å². The highest BCUT2D eigenvalue weighted by Gasteiger charge is 2.26. The number of hydrogen-bond donors (Lipinski definition) is 2. The molecule has 1 aromatic heterocycles. The summed E-state index contributed by atoms with van der Waals surface area (Å²) in [5.74, 6) is -0.0615. The van der Waals surface area contributed by atoms with E-state index in [2.05, 4.69) is 21.6 Å². The van der Waals surface area contributed by atoms with Crippen LogP contribution in [0.5, 0.6) is 0 Å². The Labute approximate surface area is 167 Å². The SMILES string of the molecule is CC(=O)Nc1ccc(NC(=O)C2CCN(c3nc4ccccc4s3)CC2)cc1. The number of carbonyl (C=O) groups is 2. The van der Waals surface area contributed by atoms with Gasteiger partial charge in [-0.2, -0.15) is 0 Å². The maximum absolute atomic E-state index is 12.6. The third-order valence-electron chi connectivity index (χ3n) is 4.89. The topological polar surface area (TPSA) is 74.3 Å². The summed E-state index contributed by atoms with van der Waals surface area (Å²) in [7, 11) is 0. The van der Waals surface area contributed by atoms with E-state index in [1.165, 1.54) is 11.6 Å². The van der Waals surface area contributed by atoms with Gasteiger partial charge >= 0.3 is 0 Å². The molecule has 2 heterocycles. The summed E-state index contributed by atoms with van der Waals surface area (Å²) >= 11 is 1.71. The Morgan fingerprint density at radius 3 is 2.29 bits per heavy atom. The molecule has 144 valence electrons. The molecule has 0 radical (unpaired) electrons. The Kier molecular flexibility index (Phi) is 5.25. The Balaban J connectivity index is 1.33. The number of anilines is 3. The number of amides is 2. The molecule has 1 aliphatic heterocycles.